The molecule has 4 heteroatoms. The molecule has 0 saturated heterocycles. The predicted octanol–water partition coefficient (Wildman–Crippen LogP) is 3.00. The Morgan fingerprint density at radius 1 is 1.53 bits per heavy atom. The van der Waals surface area contributed by atoms with E-state index in [0.717, 1.165) is 17.5 Å². The van der Waals surface area contributed by atoms with Gasteiger partial charge in [0.1, 0.15) is 11.4 Å². The van der Waals surface area contributed by atoms with Crippen LogP contribution >= 0.6 is 11.8 Å². The van der Waals surface area contributed by atoms with Crippen molar-refractivity contribution < 1.29 is 4.79 Å². The second-order valence-corrected chi connectivity index (χ2v) is 5.36. The molecule has 0 spiro atoms. The van der Waals surface area contributed by atoms with Gasteiger partial charge in [-0.1, -0.05) is 6.08 Å². The van der Waals surface area contributed by atoms with Gasteiger partial charge in [-0.15, -0.1) is 11.8 Å². The maximum absolute atomic E-state index is 11.4. The lowest BCUT2D eigenvalue weighted by molar-refractivity contribution is -0.116. The number of ketones is 1. The molecular formula is C13H12N2OS. The Morgan fingerprint density at radius 2 is 2.41 bits per heavy atom. The Bertz CT molecular complexity index is 615. The number of thioether (sulfide) groups is 1. The average Bonchev–Trinajstić information content (AvgIpc) is 2.97. The van der Waals surface area contributed by atoms with Crippen LogP contribution in [0.3, 0.4) is 0 Å². The molecule has 0 fully saturated rings. The third-order valence-corrected chi connectivity index (χ3v) is 4.42. The number of fused-ring (bicyclic) bond motifs is 1. The number of hydrogen-bond acceptors (Lipinski definition) is 3. The molecule has 0 aliphatic carbocycles. The molecule has 0 bridgehead atoms. The minimum absolute atomic E-state index is 0.0900. The van der Waals surface area contributed by atoms with E-state index < -0.39 is 0 Å². The molecule has 0 aromatic carbocycles. The zero-order chi connectivity index (χ0) is 11.8. The fraction of sp³-hybridized carbons (Fsp3) is 0.231. The number of carbonyl (C=O) groups excluding carboxylic acids is 1. The first-order valence-corrected chi connectivity index (χ1v) is 6.43. The van der Waals surface area contributed by atoms with E-state index in [4.69, 9.17) is 0 Å². The van der Waals surface area contributed by atoms with Crippen molar-refractivity contribution in [2.75, 3.05) is 0 Å². The molecule has 0 amide bonds. The summed E-state index contributed by atoms with van der Waals surface area (Å²) in [5.74, 6) is 0.251. The number of allylic oxidation sites excluding steroid dienone is 1. The highest BCUT2D eigenvalue weighted by atomic mass is 32.2. The standard InChI is InChI=1S/C13H12N2OS/c1-8(16)11-2-3-12(17-11)9-4-6-14-13-10(9)5-7-15-13/h3-7,11H,2H2,1H3,(H,14,15). The number of H-pyrrole nitrogens is 1. The highest BCUT2D eigenvalue weighted by molar-refractivity contribution is 8.09. The lowest BCUT2D eigenvalue weighted by atomic mass is 10.1. The van der Waals surface area contributed by atoms with Crippen LogP contribution in [0.15, 0.2) is 30.6 Å². The van der Waals surface area contributed by atoms with Crippen LogP contribution in [0.25, 0.3) is 15.9 Å². The minimum atomic E-state index is 0.0900. The Kier molecular flexibility index (Phi) is 2.52. The zero-order valence-electron chi connectivity index (χ0n) is 9.43. The van der Waals surface area contributed by atoms with Gasteiger partial charge in [-0.3, -0.25) is 4.79 Å². The van der Waals surface area contributed by atoms with Crippen LogP contribution in [0.5, 0.6) is 0 Å². The third-order valence-electron chi connectivity index (χ3n) is 2.97. The number of nitrogens with zero attached hydrogens (tertiary/aromatic N) is 1. The molecule has 1 aliphatic rings. The first-order valence-electron chi connectivity index (χ1n) is 5.55. The topological polar surface area (TPSA) is 45.8 Å². The summed E-state index contributed by atoms with van der Waals surface area (Å²) < 4.78 is 0. The van der Waals surface area contributed by atoms with Gasteiger partial charge in [-0.25, -0.2) is 4.98 Å². The summed E-state index contributed by atoms with van der Waals surface area (Å²) in [4.78, 5) is 19.9. The monoisotopic (exact) mass is 244 g/mol. The summed E-state index contributed by atoms with van der Waals surface area (Å²) in [6.45, 7) is 1.66. The number of pyridine rings is 1. The summed E-state index contributed by atoms with van der Waals surface area (Å²) >= 11 is 1.66. The number of Topliss-reactive ketones (excluding diaryl/α,β-unsaturated/α-hetero) is 1. The molecule has 3 heterocycles. The zero-order valence-corrected chi connectivity index (χ0v) is 10.3. The Balaban J connectivity index is 2.00. The van der Waals surface area contributed by atoms with Gasteiger partial charge < -0.3 is 4.98 Å². The predicted molar refractivity (Wildman–Crippen MR) is 70.7 cm³/mol. The quantitative estimate of drug-likeness (QED) is 0.883. The van der Waals surface area contributed by atoms with Gasteiger partial charge in [-0.05, 0) is 25.5 Å². The second kappa shape index (κ2) is 4.04. The van der Waals surface area contributed by atoms with E-state index in [0.29, 0.717) is 0 Å². The van der Waals surface area contributed by atoms with Gasteiger partial charge in [0.15, 0.2) is 0 Å². The van der Waals surface area contributed by atoms with E-state index >= 15 is 0 Å². The highest BCUT2D eigenvalue weighted by Gasteiger charge is 2.23. The molecule has 17 heavy (non-hydrogen) atoms. The first-order chi connectivity index (χ1) is 8.25. The SMILES string of the molecule is CC(=O)C1CC=C(c2ccnc3[nH]ccc23)S1. The van der Waals surface area contributed by atoms with Crippen molar-refractivity contribution in [1.29, 1.82) is 0 Å². The molecule has 0 saturated carbocycles. The number of aromatic nitrogens is 2. The van der Waals surface area contributed by atoms with Crippen LogP contribution < -0.4 is 0 Å². The van der Waals surface area contributed by atoms with Gasteiger partial charge in [0.25, 0.3) is 0 Å². The van der Waals surface area contributed by atoms with Crippen molar-refractivity contribution in [3.05, 3.63) is 36.2 Å². The number of nitrogens with one attached hydrogen (secondary N) is 1. The lowest BCUT2D eigenvalue weighted by Crippen LogP contribution is -2.08. The van der Waals surface area contributed by atoms with Crippen molar-refractivity contribution in [2.45, 2.75) is 18.6 Å². The van der Waals surface area contributed by atoms with E-state index in [1.54, 1.807) is 24.9 Å². The molecular weight excluding hydrogens is 232 g/mol. The molecule has 3 rings (SSSR count). The summed E-state index contributed by atoms with van der Waals surface area (Å²) in [6.07, 6.45) is 6.68. The van der Waals surface area contributed by atoms with Gasteiger partial charge in [0.2, 0.25) is 0 Å². The molecule has 2 aromatic heterocycles. The van der Waals surface area contributed by atoms with Crippen molar-refractivity contribution >= 4 is 33.5 Å². The smallest absolute Gasteiger partial charge is 0.143 e. The molecule has 1 unspecified atom stereocenters. The second-order valence-electron chi connectivity index (χ2n) is 4.12. The molecule has 0 radical (unpaired) electrons. The van der Waals surface area contributed by atoms with E-state index in [9.17, 15) is 4.79 Å². The largest absolute Gasteiger partial charge is 0.346 e. The molecule has 3 nitrogen and oxygen atoms in total. The molecule has 86 valence electrons. The molecule has 1 N–H and O–H groups in total. The number of hydrogen-bond donors (Lipinski definition) is 1. The fourth-order valence-electron chi connectivity index (χ4n) is 2.06. The van der Waals surface area contributed by atoms with Crippen LogP contribution in [0.1, 0.15) is 18.9 Å². The summed E-state index contributed by atoms with van der Waals surface area (Å²) in [5, 5.41) is 1.21. The van der Waals surface area contributed by atoms with Crippen LogP contribution in [0.2, 0.25) is 0 Å². The Labute approximate surface area is 103 Å². The van der Waals surface area contributed by atoms with Crippen LogP contribution in [0, 0.1) is 0 Å². The summed E-state index contributed by atoms with van der Waals surface area (Å²) in [6, 6.07) is 4.04. The van der Waals surface area contributed by atoms with Gasteiger partial charge >= 0.3 is 0 Å². The van der Waals surface area contributed by atoms with Crippen molar-refractivity contribution in [3.63, 3.8) is 0 Å². The van der Waals surface area contributed by atoms with E-state index in [1.165, 1.54) is 10.5 Å². The van der Waals surface area contributed by atoms with Gasteiger partial charge in [0, 0.05) is 28.2 Å². The van der Waals surface area contributed by atoms with E-state index in [-0.39, 0.29) is 11.0 Å². The molecule has 1 aliphatic heterocycles. The maximum Gasteiger partial charge on any atom is 0.143 e. The Hall–Kier alpha value is -1.55. The summed E-state index contributed by atoms with van der Waals surface area (Å²) in [5.41, 5.74) is 2.07. The number of rotatable bonds is 2. The summed E-state index contributed by atoms with van der Waals surface area (Å²) in [7, 11) is 0. The van der Waals surface area contributed by atoms with Crippen LogP contribution in [0.4, 0.5) is 0 Å². The van der Waals surface area contributed by atoms with Gasteiger partial charge in [0.05, 0.1) is 5.25 Å². The number of aromatic amines is 1. The van der Waals surface area contributed by atoms with Crippen LogP contribution in [-0.2, 0) is 4.79 Å². The van der Waals surface area contributed by atoms with Crippen molar-refractivity contribution in [2.24, 2.45) is 0 Å². The Morgan fingerprint density at radius 3 is 3.18 bits per heavy atom. The van der Waals surface area contributed by atoms with Crippen LogP contribution in [-0.4, -0.2) is 21.0 Å². The van der Waals surface area contributed by atoms with Crippen molar-refractivity contribution in [3.8, 4) is 0 Å². The van der Waals surface area contributed by atoms with E-state index in [2.05, 4.69) is 16.0 Å². The normalized spacial score (nSPS) is 19.6. The average molecular weight is 244 g/mol. The number of carbonyl (C=O) groups is 1. The molecule has 2 aromatic rings. The fourth-order valence-corrected chi connectivity index (χ4v) is 3.22. The highest BCUT2D eigenvalue weighted by Crippen LogP contribution is 2.41. The van der Waals surface area contributed by atoms with Gasteiger partial charge in [-0.2, -0.15) is 0 Å². The first kappa shape index (κ1) is 10.6. The third kappa shape index (κ3) is 1.78. The lowest BCUT2D eigenvalue weighted by Gasteiger charge is -2.06. The maximum atomic E-state index is 11.4. The van der Waals surface area contributed by atoms with E-state index in [1.807, 2.05) is 18.3 Å². The molecule has 1 atom stereocenters. The van der Waals surface area contributed by atoms with Crippen molar-refractivity contribution in [1.82, 2.24) is 9.97 Å². The minimum Gasteiger partial charge on any atom is -0.346 e.